The van der Waals surface area contributed by atoms with E-state index in [9.17, 15) is 20.0 Å². The van der Waals surface area contributed by atoms with Gasteiger partial charge in [-0.3, -0.25) is 14.9 Å². The minimum absolute atomic E-state index is 0.0274. The second-order valence-corrected chi connectivity index (χ2v) is 5.30. The molecule has 8 heteroatoms. The topological polar surface area (TPSA) is 94.6 Å². The lowest BCUT2D eigenvalue weighted by Gasteiger charge is -2.13. The van der Waals surface area contributed by atoms with Gasteiger partial charge < -0.3 is 14.4 Å². The van der Waals surface area contributed by atoms with Crippen LogP contribution in [0.2, 0.25) is 5.02 Å². The van der Waals surface area contributed by atoms with Crippen LogP contribution < -0.4 is 5.56 Å². The molecule has 1 aromatic heterocycles. The van der Waals surface area contributed by atoms with Crippen molar-refractivity contribution in [2.24, 2.45) is 0 Å². The van der Waals surface area contributed by atoms with Crippen LogP contribution in [0.5, 0.6) is 0 Å². The van der Waals surface area contributed by atoms with Crippen LogP contribution in [0.4, 0.5) is 5.69 Å². The highest BCUT2D eigenvalue weighted by molar-refractivity contribution is 6.31. The zero-order chi connectivity index (χ0) is 16.8. The van der Waals surface area contributed by atoms with E-state index in [1.807, 2.05) is 6.07 Å². The van der Waals surface area contributed by atoms with Crippen molar-refractivity contribution in [3.8, 4) is 0 Å². The van der Waals surface area contributed by atoms with Crippen LogP contribution in [-0.2, 0) is 17.9 Å². The van der Waals surface area contributed by atoms with Crippen LogP contribution in [-0.4, -0.2) is 27.3 Å². The summed E-state index contributed by atoms with van der Waals surface area (Å²) in [5.74, 6) is 0. The van der Waals surface area contributed by atoms with Crippen LogP contribution in [0.1, 0.15) is 5.56 Å². The van der Waals surface area contributed by atoms with Gasteiger partial charge in [0.05, 0.1) is 37.0 Å². The van der Waals surface area contributed by atoms with E-state index < -0.39 is 16.6 Å². The van der Waals surface area contributed by atoms with Crippen molar-refractivity contribution < 1.29 is 14.8 Å². The summed E-state index contributed by atoms with van der Waals surface area (Å²) < 4.78 is 6.45. The maximum Gasteiger partial charge on any atom is 0.285 e. The second kappa shape index (κ2) is 7.87. The molecule has 0 fully saturated rings. The summed E-state index contributed by atoms with van der Waals surface area (Å²) in [6.07, 6.45) is 0.122. The van der Waals surface area contributed by atoms with Crippen LogP contribution in [0.3, 0.4) is 0 Å². The summed E-state index contributed by atoms with van der Waals surface area (Å²) in [7, 11) is 0. The average Bonchev–Trinajstić information content (AvgIpc) is 2.51. The van der Waals surface area contributed by atoms with E-state index in [1.165, 1.54) is 0 Å². The SMILES string of the molecule is O=c1ccc([N+](=O)[O-])cn1C[C@H](O)COCc1ccccc1Cl. The number of benzene rings is 1. The maximum absolute atomic E-state index is 11.6. The largest absolute Gasteiger partial charge is 0.389 e. The quantitative estimate of drug-likeness (QED) is 0.615. The van der Waals surface area contributed by atoms with Crippen molar-refractivity contribution in [1.82, 2.24) is 4.57 Å². The van der Waals surface area contributed by atoms with E-state index in [2.05, 4.69) is 0 Å². The Hall–Kier alpha value is -2.22. The van der Waals surface area contributed by atoms with E-state index in [-0.39, 0.29) is 25.4 Å². The number of aromatic nitrogens is 1. The molecule has 0 aliphatic heterocycles. The molecule has 0 bridgehead atoms. The Kier molecular flexibility index (Phi) is 5.86. The first-order valence-electron chi connectivity index (χ1n) is 6.81. The summed E-state index contributed by atoms with van der Waals surface area (Å²) in [5, 5.41) is 21.2. The molecule has 23 heavy (non-hydrogen) atoms. The molecule has 0 saturated heterocycles. The molecule has 1 aromatic carbocycles. The van der Waals surface area contributed by atoms with Crippen molar-refractivity contribution in [3.63, 3.8) is 0 Å². The van der Waals surface area contributed by atoms with Gasteiger partial charge in [0.1, 0.15) is 0 Å². The zero-order valence-electron chi connectivity index (χ0n) is 12.1. The van der Waals surface area contributed by atoms with Crippen LogP contribution >= 0.6 is 11.6 Å². The molecule has 0 amide bonds. The van der Waals surface area contributed by atoms with Crippen molar-refractivity contribution in [1.29, 1.82) is 0 Å². The first-order chi connectivity index (χ1) is 11.0. The Labute approximate surface area is 136 Å². The molecule has 0 spiro atoms. The van der Waals surface area contributed by atoms with Crippen LogP contribution in [0, 0.1) is 10.1 Å². The number of pyridine rings is 1. The highest BCUT2D eigenvalue weighted by Crippen LogP contribution is 2.15. The van der Waals surface area contributed by atoms with Crippen LogP contribution in [0.25, 0.3) is 0 Å². The number of aliphatic hydroxyl groups is 1. The lowest BCUT2D eigenvalue weighted by atomic mass is 10.2. The number of hydrogen-bond donors (Lipinski definition) is 1. The van der Waals surface area contributed by atoms with Gasteiger partial charge in [0.25, 0.3) is 11.2 Å². The maximum atomic E-state index is 11.6. The summed E-state index contributed by atoms with van der Waals surface area (Å²) >= 11 is 5.99. The van der Waals surface area contributed by atoms with Crippen molar-refractivity contribution in [2.75, 3.05) is 6.61 Å². The second-order valence-electron chi connectivity index (χ2n) is 4.90. The van der Waals surface area contributed by atoms with Gasteiger partial charge in [-0.05, 0) is 11.6 Å². The van der Waals surface area contributed by atoms with E-state index >= 15 is 0 Å². The van der Waals surface area contributed by atoms with Crippen molar-refractivity contribution in [2.45, 2.75) is 19.3 Å². The Bertz CT molecular complexity index is 747. The molecular formula is C15H15ClN2O5. The highest BCUT2D eigenvalue weighted by atomic mass is 35.5. The number of hydrogen-bond acceptors (Lipinski definition) is 5. The predicted molar refractivity (Wildman–Crippen MR) is 84.5 cm³/mol. The zero-order valence-corrected chi connectivity index (χ0v) is 12.8. The van der Waals surface area contributed by atoms with Gasteiger partial charge in [-0.25, -0.2) is 0 Å². The van der Waals surface area contributed by atoms with Gasteiger partial charge in [-0.1, -0.05) is 29.8 Å². The third-order valence-corrected chi connectivity index (χ3v) is 3.48. The summed E-state index contributed by atoms with van der Waals surface area (Å²) in [6.45, 7) is 0.101. The number of halogens is 1. The highest BCUT2D eigenvalue weighted by Gasteiger charge is 2.12. The smallest absolute Gasteiger partial charge is 0.285 e. The minimum atomic E-state index is -0.975. The molecule has 1 atom stereocenters. The van der Waals surface area contributed by atoms with Crippen LogP contribution in [0.15, 0.2) is 47.4 Å². The molecule has 0 aliphatic carbocycles. The molecule has 1 heterocycles. The van der Waals surface area contributed by atoms with Gasteiger partial charge in [0, 0.05) is 17.2 Å². The minimum Gasteiger partial charge on any atom is -0.389 e. The number of ether oxygens (including phenoxy) is 1. The normalized spacial score (nSPS) is 12.1. The van der Waals surface area contributed by atoms with Gasteiger partial charge in [0.15, 0.2) is 0 Å². The number of nitrogens with zero attached hydrogens (tertiary/aromatic N) is 2. The monoisotopic (exact) mass is 338 g/mol. The fourth-order valence-corrected chi connectivity index (χ4v) is 2.16. The summed E-state index contributed by atoms with van der Waals surface area (Å²) in [4.78, 5) is 21.7. The number of rotatable bonds is 7. The molecule has 0 aliphatic rings. The summed E-state index contributed by atoms with van der Waals surface area (Å²) in [5.41, 5.74) is 0.142. The number of aliphatic hydroxyl groups excluding tert-OH is 1. The van der Waals surface area contributed by atoms with Gasteiger partial charge in [0.2, 0.25) is 0 Å². The third-order valence-electron chi connectivity index (χ3n) is 3.11. The van der Waals surface area contributed by atoms with Gasteiger partial charge in [-0.2, -0.15) is 0 Å². The van der Waals surface area contributed by atoms with E-state index in [0.717, 1.165) is 28.5 Å². The lowest BCUT2D eigenvalue weighted by Crippen LogP contribution is -2.28. The van der Waals surface area contributed by atoms with Crippen molar-refractivity contribution >= 4 is 17.3 Å². The lowest BCUT2D eigenvalue weighted by molar-refractivity contribution is -0.385. The predicted octanol–water partition coefficient (Wildman–Crippen LogP) is 1.99. The first kappa shape index (κ1) is 17.1. The standard InChI is InChI=1S/C15H15ClN2O5/c16-14-4-2-1-3-11(14)9-23-10-13(19)8-17-7-12(18(21)22)5-6-15(17)20/h1-7,13,19H,8-10H2/t13-/m0/s1. The van der Waals surface area contributed by atoms with Gasteiger partial charge in [-0.15, -0.1) is 0 Å². The van der Waals surface area contributed by atoms with E-state index in [0.29, 0.717) is 5.02 Å². The molecule has 0 saturated carbocycles. The van der Waals surface area contributed by atoms with Crippen molar-refractivity contribution in [3.05, 3.63) is 73.6 Å². The van der Waals surface area contributed by atoms with E-state index in [1.54, 1.807) is 18.2 Å². The first-order valence-corrected chi connectivity index (χ1v) is 7.19. The molecular weight excluding hydrogens is 324 g/mol. The summed E-state index contributed by atoms with van der Waals surface area (Å²) in [6, 6.07) is 9.38. The molecule has 0 unspecified atom stereocenters. The fraction of sp³-hybridized carbons (Fsp3) is 0.267. The van der Waals surface area contributed by atoms with Gasteiger partial charge >= 0.3 is 0 Å². The molecule has 1 N–H and O–H groups in total. The fourth-order valence-electron chi connectivity index (χ4n) is 1.97. The Balaban J connectivity index is 1.91. The molecule has 2 rings (SSSR count). The van der Waals surface area contributed by atoms with E-state index in [4.69, 9.17) is 16.3 Å². The molecule has 2 aromatic rings. The Morgan fingerprint density at radius 1 is 1.30 bits per heavy atom. The Morgan fingerprint density at radius 2 is 2.04 bits per heavy atom. The Morgan fingerprint density at radius 3 is 2.74 bits per heavy atom. The average molecular weight is 339 g/mol. The molecule has 122 valence electrons. The molecule has 0 radical (unpaired) electrons. The number of nitro groups is 1. The third kappa shape index (κ3) is 4.88. The molecule has 7 nitrogen and oxygen atoms in total.